The first-order valence-corrected chi connectivity index (χ1v) is 18.3. The average molecular weight is 672 g/mol. The molecule has 8 heteroatoms. The van der Waals surface area contributed by atoms with Gasteiger partial charge in [0.2, 0.25) is 0 Å². The fourth-order valence-electron chi connectivity index (χ4n) is 8.01. The summed E-state index contributed by atoms with van der Waals surface area (Å²) in [7, 11) is 1.68. The van der Waals surface area contributed by atoms with Crippen LogP contribution in [-0.4, -0.2) is 58.2 Å². The van der Waals surface area contributed by atoms with E-state index in [-0.39, 0.29) is 31.3 Å². The third-order valence-electron chi connectivity index (χ3n) is 10.4. The van der Waals surface area contributed by atoms with E-state index in [0.29, 0.717) is 44.3 Å². The zero-order valence-electron chi connectivity index (χ0n) is 29.3. The van der Waals surface area contributed by atoms with Gasteiger partial charge in [0, 0.05) is 23.2 Å². The maximum Gasteiger partial charge on any atom is 0.251 e. The van der Waals surface area contributed by atoms with Gasteiger partial charge in [-0.3, -0.25) is 4.79 Å². The summed E-state index contributed by atoms with van der Waals surface area (Å²) in [5.74, 6) is 0.569. The van der Waals surface area contributed by atoms with E-state index in [4.69, 9.17) is 28.4 Å². The highest BCUT2D eigenvalue weighted by Gasteiger charge is 2.46. The molecule has 3 aromatic rings. The molecule has 2 fully saturated rings. The number of fused-ring (bicyclic) bond motifs is 4. The highest BCUT2D eigenvalue weighted by molar-refractivity contribution is 5.94. The van der Waals surface area contributed by atoms with E-state index in [1.165, 1.54) is 0 Å². The van der Waals surface area contributed by atoms with Crippen molar-refractivity contribution in [2.75, 3.05) is 40.1 Å². The Morgan fingerprint density at radius 1 is 0.755 bits per heavy atom. The smallest absolute Gasteiger partial charge is 0.251 e. The molecule has 1 aliphatic heterocycles. The van der Waals surface area contributed by atoms with Crippen molar-refractivity contribution < 1.29 is 33.2 Å². The van der Waals surface area contributed by atoms with Gasteiger partial charge in [-0.15, -0.1) is 0 Å². The molecule has 0 spiro atoms. The van der Waals surface area contributed by atoms with Crippen molar-refractivity contribution in [2.45, 2.75) is 101 Å². The third-order valence-corrected chi connectivity index (χ3v) is 10.4. The average Bonchev–Trinajstić information content (AvgIpc) is 3.15. The zero-order chi connectivity index (χ0) is 33.9. The van der Waals surface area contributed by atoms with Gasteiger partial charge >= 0.3 is 0 Å². The Balaban J connectivity index is 1.39. The Hall–Kier alpha value is -3.27. The lowest BCUT2D eigenvalue weighted by molar-refractivity contribution is -0.191. The van der Waals surface area contributed by atoms with Crippen molar-refractivity contribution >= 4 is 5.91 Å². The van der Waals surface area contributed by atoms with Crippen molar-refractivity contribution in [3.63, 3.8) is 0 Å². The molecule has 3 aliphatic rings. The van der Waals surface area contributed by atoms with E-state index in [9.17, 15) is 4.79 Å². The lowest BCUT2D eigenvalue weighted by atomic mass is 9.77. The summed E-state index contributed by atoms with van der Waals surface area (Å²) in [4.78, 5) is 13.4. The minimum absolute atomic E-state index is 0.117. The van der Waals surface area contributed by atoms with Crippen LogP contribution in [0.5, 0.6) is 5.75 Å². The normalized spacial score (nSPS) is 27.1. The first kappa shape index (κ1) is 35.6. The highest BCUT2D eigenvalue weighted by Crippen LogP contribution is 2.45. The molecule has 0 radical (unpaired) electrons. The molecule has 49 heavy (non-hydrogen) atoms. The lowest BCUT2D eigenvalue weighted by Crippen LogP contribution is -2.47. The molecular weight excluding hydrogens is 618 g/mol. The predicted molar refractivity (Wildman–Crippen MR) is 189 cm³/mol. The van der Waals surface area contributed by atoms with Crippen LogP contribution >= 0.6 is 0 Å². The molecule has 1 amide bonds. The number of ether oxygens (including phenoxy) is 6. The van der Waals surface area contributed by atoms with E-state index in [0.717, 1.165) is 80.0 Å². The monoisotopic (exact) mass is 671 g/mol. The Bertz CT molecular complexity index is 1390. The van der Waals surface area contributed by atoms with Crippen molar-refractivity contribution in [3.05, 3.63) is 101 Å². The zero-order valence-corrected chi connectivity index (χ0v) is 29.3. The van der Waals surface area contributed by atoms with Crippen LogP contribution < -0.4 is 10.1 Å². The molecule has 4 atom stereocenters. The fraction of sp³-hybridized carbons (Fsp3) is 0.537. The predicted octanol–water partition coefficient (Wildman–Crippen LogP) is 7.61. The van der Waals surface area contributed by atoms with Gasteiger partial charge in [0.1, 0.15) is 17.0 Å². The standard InChI is InChI=1S/C41H53NO7/c1-3-22-42-39(43)31-27-32-29-46-36-18-10-12-20-40(36,34-14-6-4-7-15-34)48-25-23-45-24-26-49-41(35-16-8-5-9-17-35)21-13-11-19-37(41)47-30-33(28-31)38(32)44-2/h4-9,14-17,27-28,36-37H,3,10-13,18-26,29-30H2,1-2H3,(H,42,43)/t36-,37-,40-,41-/m1/s1. The lowest BCUT2D eigenvalue weighted by Gasteiger charge is -2.44. The molecule has 6 rings (SSSR count). The quantitative estimate of drug-likeness (QED) is 0.289. The summed E-state index contributed by atoms with van der Waals surface area (Å²) >= 11 is 0. The molecule has 1 N–H and O–H groups in total. The van der Waals surface area contributed by atoms with Crippen LogP contribution in [-0.2, 0) is 48.1 Å². The Kier molecular flexibility index (Phi) is 12.4. The van der Waals surface area contributed by atoms with Crippen LogP contribution in [0.15, 0.2) is 72.8 Å². The molecule has 2 saturated carbocycles. The number of amides is 1. The molecule has 0 aromatic heterocycles. The fourth-order valence-corrected chi connectivity index (χ4v) is 8.01. The molecular formula is C41H53NO7. The molecule has 0 unspecified atom stereocenters. The molecule has 0 saturated heterocycles. The summed E-state index contributed by atoms with van der Waals surface area (Å²) in [6.07, 6.45) is 8.09. The molecule has 264 valence electrons. The van der Waals surface area contributed by atoms with E-state index in [2.05, 4.69) is 60.8 Å². The number of hydrogen-bond donors (Lipinski definition) is 1. The number of carbonyl (C=O) groups excluding carboxylic acids is 1. The van der Waals surface area contributed by atoms with Gasteiger partial charge in [0.25, 0.3) is 5.91 Å². The van der Waals surface area contributed by atoms with Crippen molar-refractivity contribution in [2.24, 2.45) is 0 Å². The summed E-state index contributed by atoms with van der Waals surface area (Å²) < 4.78 is 39.7. The van der Waals surface area contributed by atoms with Crippen LogP contribution in [0.1, 0.15) is 97.3 Å². The Morgan fingerprint density at radius 2 is 1.27 bits per heavy atom. The number of hydrogen-bond acceptors (Lipinski definition) is 7. The largest absolute Gasteiger partial charge is 0.496 e. The molecule has 2 aliphatic carbocycles. The topological polar surface area (TPSA) is 84.5 Å². The highest BCUT2D eigenvalue weighted by atomic mass is 16.6. The van der Waals surface area contributed by atoms with Gasteiger partial charge < -0.3 is 33.7 Å². The number of benzene rings is 3. The molecule has 3 aromatic carbocycles. The van der Waals surface area contributed by atoms with Crippen LogP contribution in [0.25, 0.3) is 0 Å². The van der Waals surface area contributed by atoms with Gasteiger partial charge in [-0.2, -0.15) is 0 Å². The first-order valence-electron chi connectivity index (χ1n) is 18.3. The van der Waals surface area contributed by atoms with Crippen molar-refractivity contribution in [1.29, 1.82) is 0 Å². The third kappa shape index (κ3) is 8.05. The van der Waals surface area contributed by atoms with Crippen molar-refractivity contribution in [1.82, 2.24) is 5.32 Å². The number of rotatable bonds is 6. The Labute approximate surface area is 291 Å². The second-order valence-corrected chi connectivity index (χ2v) is 13.5. The van der Waals surface area contributed by atoms with Crippen molar-refractivity contribution in [3.8, 4) is 5.75 Å². The second kappa shape index (κ2) is 17.1. The van der Waals surface area contributed by atoms with Crippen LogP contribution in [0, 0.1) is 0 Å². The number of methoxy groups -OCH3 is 1. The van der Waals surface area contributed by atoms with Gasteiger partial charge in [-0.05, 0) is 55.4 Å². The summed E-state index contributed by atoms with van der Waals surface area (Å²) in [5, 5.41) is 3.05. The van der Waals surface area contributed by atoms with Gasteiger partial charge in [-0.1, -0.05) is 93.3 Å². The summed E-state index contributed by atoms with van der Waals surface area (Å²) in [5.41, 5.74) is 3.19. The molecule has 2 bridgehead atoms. The maximum atomic E-state index is 13.4. The Morgan fingerprint density at radius 3 is 1.73 bits per heavy atom. The van der Waals surface area contributed by atoms with E-state index >= 15 is 0 Å². The number of nitrogens with one attached hydrogen (secondary N) is 1. The van der Waals surface area contributed by atoms with Gasteiger partial charge in [-0.25, -0.2) is 0 Å². The van der Waals surface area contributed by atoms with E-state index in [1.54, 1.807) is 7.11 Å². The minimum Gasteiger partial charge on any atom is -0.496 e. The second-order valence-electron chi connectivity index (χ2n) is 13.5. The van der Waals surface area contributed by atoms with Gasteiger partial charge in [0.15, 0.2) is 0 Å². The summed E-state index contributed by atoms with van der Waals surface area (Å²) in [6.45, 7) is 4.97. The van der Waals surface area contributed by atoms with Gasteiger partial charge in [0.05, 0.1) is 59.0 Å². The minimum atomic E-state index is -0.618. The molecule has 8 nitrogen and oxygen atoms in total. The van der Waals surface area contributed by atoms with E-state index in [1.807, 2.05) is 24.3 Å². The number of carbonyl (C=O) groups is 1. The van der Waals surface area contributed by atoms with Crippen LogP contribution in [0.2, 0.25) is 0 Å². The van der Waals surface area contributed by atoms with Crippen LogP contribution in [0.3, 0.4) is 0 Å². The maximum absolute atomic E-state index is 13.4. The van der Waals surface area contributed by atoms with E-state index < -0.39 is 11.2 Å². The summed E-state index contributed by atoms with van der Waals surface area (Å²) in [6, 6.07) is 24.7. The SMILES string of the molecule is CCCNC(=O)c1cc2c(OC)c(c1)CO[C@@H]1CCCC[C@]1(c1ccccc1)OCCOCCO[C@@]1(c3ccccc3)CCCC[C@H]1OC2. The first-order chi connectivity index (χ1) is 24.1. The van der Waals surface area contributed by atoms with Crippen LogP contribution in [0.4, 0.5) is 0 Å². The molecule has 1 heterocycles.